The van der Waals surface area contributed by atoms with Crippen molar-refractivity contribution in [2.75, 3.05) is 17.1 Å². The van der Waals surface area contributed by atoms with Crippen molar-refractivity contribution in [1.82, 2.24) is 10.2 Å². The molecule has 186 valence electrons. The Labute approximate surface area is 208 Å². The molecule has 1 N–H and O–H groups in total. The number of nitrogens with one attached hydrogen (secondary N) is 1. The fourth-order valence-corrected chi connectivity index (χ4v) is 4.58. The number of hydrogen-bond donors (Lipinski definition) is 1. The van der Waals surface area contributed by atoms with Crippen molar-refractivity contribution in [2.45, 2.75) is 59.7 Å². The first-order chi connectivity index (χ1) is 15.6. The van der Waals surface area contributed by atoms with E-state index in [-0.39, 0.29) is 12.5 Å². The van der Waals surface area contributed by atoms with E-state index in [0.717, 1.165) is 21.7 Å². The number of anilines is 1. The highest BCUT2D eigenvalue weighted by Gasteiger charge is 2.31. The minimum atomic E-state index is -3.81. The number of rotatable bonds is 8. The predicted molar refractivity (Wildman–Crippen MR) is 137 cm³/mol. The molecule has 0 heterocycles. The van der Waals surface area contributed by atoms with Gasteiger partial charge in [-0.3, -0.25) is 13.9 Å². The second-order valence-electron chi connectivity index (χ2n) is 9.63. The molecule has 0 aliphatic heterocycles. The molecule has 0 bridgehead atoms. The Balaban J connectivity index is 2.45. The van der Waals surface area contributed by atoms with Crippen molar-refractivity contribution in [1.29, 1.82) is 0 Å². The van der Waals surface area contributed by atoms with Gasteiger partial charge in [-0.25, -0.2) is 8.42 Å². The van der Waals surface area contributed by atoms with Crippen molar-refractivity contribution >= 4 is 39.1 Å². The molecule has 2 amide bonds. The topological polar surface area (TPSA) is 86.8 Å². The summed E-state index contributed by atoms with van der Waals surface area (Å²) < 4.78 is 26.4. The maximum atomic E-state index is 13.6. The fraction of sp³-hybridized carbons (Fsp3) is 0.440. The van der Waals surface area contributed by atoms with Crippen LogP contribution in [0.3, 0.4) is 0 Å². The van der Waals surface area contributed by atoms with Crippen LogP contribution in [-0.2, 0) is 26.2 Å². The maximum Gasteiger partial charge on any atom is 0.244 e. The van der Waals surface area contributed by atoms with E-state index in [1.165, 1.54) is 11.0 Å². The Morgan fingerprint density at radius 1 is 1.09 bits per heavy atom. The van der Waals surface area contributed by atoms with Crippen LogP contribution in [0.15, 0.2) is 42.5 Å². The smallest absolute Gasteiger partial charge is 0.244 e. The molecule has 1 atom stereocenters. The van der Waals surface area contributed by atoms with Crippen molar-refractivity contribution in [3.63, 3.8) is 0 Å². The first-order valence-corrected chi connectivity index (χ1v) is 13.2. The summed E-state index contributed by atoms with van der Waals surface area (Å²) >= 11 is 6.12. The summed E-state index contributed by atoms with van der Waals surface area (Å²) in [6, 6.07) is 11.7. The molecule has 0 spiro atoms. The summed E-state index contributed by atoms with van der Waals surface area (Å²) in [5, 5.41) is 3.26. The molecule has 0 aliphatic rings. The average Bonchev–Trinajstić information content (AvgIpc) is 2.69. The number of amides is 2. The Bertz CT molecular complexity index is 1160. The van der Waals surface area contributed by atoms with Crippen LogP contribution in [0.5, 0.6) is 0 Å². The molecule has 0 saturated heterocycles. The van der Waals surface area contributed by atoms with Gasteiger partial charge in [-0.15, -0.1) is 0 Å². The maximum absolute atomic E-state index is 13.6. The quantitative estimate of drug-likeness (QED) is 0.583. The van der Waals surface area contributed by atoms with Gasteiger partial charge >= 0.3 is 0 Å². The van der Waals surface area contributed by atoms with Gasteiger partial charge in [0.05, 0.1) is 11.9 Å². The van der Waals surface area contributed by atoms with Crippen LogP contribution in [0, 0.1) is 13.8 Å². The molecule has 0 aromatic heterocycles. The van der Waals surface area contributed by atoms with E-state index in [9.17, 15) is 18.0 Å². The zero-order chi connectivity index (χ0) is 25.8. The molecule has 0 saturated carbocycles. The number of aryl methyl sites for hydroxylation is 2. The fourth-order valence-electron chi connectivity index (χ4n) is 3.51. The third kappa shape index (κ3) is 7.74. The van der Waals surface area contributed by atoms with Crippen LogP contribution in [0.1, 0.15) is 44.4 Å². The monoisotopic (exact) mass is 507 g/mol. The lowest BCUT2D eigenvalue weighted by Gasteiger charge is -2.33. The number of carbonyl (C=O) groups excluding carboxylic acids is 2. The largest absolute Gasteiger partial charge is 0.350 e. The highest BCUT2D eigenvalue weighted by atomic mass is 35.5. The lowest BCUT2D eigenvalue weighted by Crippen LogP contribution is -2.54. The van der Waals surface area contributed by atoms with Gasteiger partial charge < -0.3 is 10.2 Å². The van der Waals surface area contributed by atoms with Gasteiger partial charge in [0.15, 0.2) is 0 Å². The Morgan fingerprint density at radius 2 is 1.74 bits per heavy atom. The van der Waals surface area contributed by atoms with Gasteiger partial charge in [0.2, 0.25) is 21.8 Å². The van der Waals surface area contributed by atoms with Crippen molar-refractivity contribution in [3.05, 3.63) is 64.2 Å². The highest BCUT2D eigenvalue weighted by Crippen LogP contribution is 2.27. The molecule has 0 radical (unpaired) electrons. The molecule has 2 aromatic carbocycles. The van der Waals surface area contributed by atoms with Crippen LogP contribution >= 0.6 is 11.6 Å². The van der Waals surface area contributed by atoms with Crippen molar-refractivity contribution in [2.24, 2.45) is 0 Å². The van der Waals surface area contributed by atoms with Crippen LogP contribution in [-0.4, -0.2) is 49.5 Å². The summed E-state index contributed by atoms with van der Waals surface area (Å²) in [6.07, 6.45) is 1.04. The zero-order valence-electron chi connectivity index (χ0n) is 20.8. The van der Waals surface area contributed by atoms with Crippen molar-refractivity contribution in [3.8, 4) is 0 Å². The van der Waals surface area contributed by atoms with E-state index in [2.05, 4.69) is 5.32 Å². The van der Waals surface area contributed by atoms with Crippen LogP contribution in [0.25, 0.3) is 0 Å². The van der Waals surface area contributed by atoms with Gasteiger partial charge in [-0.05, 0) is 64.8 Å². The molecule has 7 nitrogen and oxygen atoms in total. The summed E-state index contributed by atoms with van der Waals surface area (Å²) in [7, 11) is -3.81. The van der Waals surface area contributed by atoms with Gasteiger partial charge in [0, 0.05) is 17.1 Å². The van der Waals surface area contributed by atoms with Crippen LogP contribution in [0.2, 0.25) is 5.02 Å². The number of benzene rings is 2. The minimum absolute atomic E-state index is 0.158. The third-order valence-corrected chi connectivity index (χ3v) is 6.58. The molecule has 2 rings (SSSR count). The van der Waals surface area contributed by atoms with Gasteiger partial charge in [-0.1, -0.05) is 47.5 Å². The number of sulfonamides is 1. The highest BCUT2D eigenvalue weighted by molar-refractivity contribution is 7.92. The van der Waals surface area contributed by atoms with E-state index in [0.29, 0.717) is 16.3 Å². The summed E-state index contributed by atoms with van der Waals surface area (Å²) in [6.45, 7) is 10.6. The number of carbonyl (C=O) groups is 2. The lowest BCUT2D eigenvalue weighted by molar-refractivity contribution is -0.140. The van der Waals surface area contributed by atoms with E-state index in [1.54, 1.807) is 26.0 Å². The van der Waals surface area contributed by atoms with E-state index in [4.69, 9.17) is 11.6 Å². The van der Waals surface area contributed by atoms with Gasteiger partial charge in [-0.2, -0.15) is 0 Å². The Hall–Kier alpha value is -2.58. The number of hydrogen-bond acceptors (Lipinski definition) is 4. The standard InChI is InChI=1S/C25H34ClN3O4S/c1-17-9-8-10-20(13-17)15-28(19(3)24(31)27-25(4,5)6)23(30)16-29(34(7,32)33)22-14-21(26)12-11-18(22)2/h8-14,19H,15-16H2,1-7H3,(H,27,31)/t19-/m0/s1. The third-order valence-electron chi connectivity index (χ3n) is 5.22. The number of nitrogens with zero attached hydrogens (tertiary/aromatic N) is 2. The SMILES string of the molecule is Cc1cccc(CN(C(=O)CN(c2cc(Cl)ccc2C)S(C)(=O)=O)[C@@H](C)C(=O)NC(C)(C)C)c1. The van der Waals surface area contributed by atoms with E-state index in [1.807, 2.05) is 52.0 Å². The van der Waals surface area contributed by atoms with E-state index < -0.39 is 34.1 Å². The predicted octanol–water partition coefficient (Wildman–Crippen LogP) is 4.05. The first-order valence-electron chi connectivity index (χ1n) is 11.0. The minimum Gasteiger partial charge on any atom is -0.350 e. The number of halogens is 1. The van der Waals surface area contributed by atoms with Gasteiger partial charge in [0.1, 0.15) is 12.6 Å². The molecule has 0 aliphatic carbocycles. The summed E-state index contributed by atoms with van der Waals surface area (Å²) in [4.78, 5) is 27.9. The van der Waals surface area contributed by atoms with Crippen LogP contribution < -0.4 is 9.62 Å². The normalized spacial score (nSPS) is 12.7. The zero-order valence-corrected chi connectivity index (χ0v) is 22.4. The molecule has 9 heteroatoms. The van der Waals surface area contributed by atoms with E-state index >= 15 is 0 Å². The Morgan fingerprint density at radius 3 is 2.29 bits per heavy atom. The Kier molecular flexibility index (Phi) is 8.77. The molecule has 0 unspecified atom stereocenters. The molecular formula is C25H34ClN3O4S. The molecule has 0 fully saturated rings. The average molecular weight is 508 g/mol. The summed E-state index contributed by atoms with van der Waals surface area (Å²) in [5.41, 5.74) is 2.36. The summed E-state index contributed by atoms with van der Waals surface area (Å²) in [5.74, 6) is -0.818. The lowest BCUT2D eigenvalue weighted by atomic mass is 10.1. The van der Waals surface area contributed by atoms with Crippen molar-refractivity contribution < 1.29 is 18.0 Å². The molecule has 34 heavy (non-hydrogen) atoms. The van der Waals surface area contributed by atoms with Crippen LogP contribution in [0.4, 0.5) is 5.69 Å². The second kappa shape index (κ2) is 10.8. The molecular weight excluding hydrogens is 474 g/mol. The molecule has 2 aromatic rings. The first kappa shape index (κ1) is 27.7. The second-order valence-corrected chi connectivity index (χ2v) is 12.0. The van der Waals surface area contributed by atoms with Gasteiger partial charge in [0.25, 0.3) is 0 Å².